The van der Waals surface area contributed by atoms with Crippen molar-refractivity contribution in [2.24, 2.45) is 0 Å². The van der Waals surface area contributed by atoms with E-state index in [-0.39, 0.29) is 0 Å². The van der Waals surface area contributed by atoms with Crippen molar-refractivity contribution in [3.05, 3.63) is 42.1 Å². The van der Waals surface area contributed by atoms with Gasteiger partial charge in [-0.3, -0.25) is 5.10 Å². The lowest BCUT2D eigenvalue weighted by atomic mass is 10.1. The molecule has 0 fully saturated rings. The first kappa shape index (κ1) is 8.32. The Morgan fingerprint density at radius 2 is 2.00 bits per heavy atom. The summed E-state index contributed by atoms with van der Waals surface area (Å²) in [5.74, 6) is 0.448. The molecule has 0 aliphatic heterocycles. The molecule has 0 spiro atoms. The average Bonchev–Trinajstić information content (AvgIpc) is 2.67. The first-order valence-electron chi connectivity index (χ1n) is 4.06. The van der Waals surface area contributed by atoms with Gasteiger partial charge in [-0.25, -0.2) is 0 Å². The number of aromatic amines is 1. The molecule has 2 aromatic rings. The van der Waals surface area contributed by atoms with Crippen LogP contribution in [-0.4, -0.2) is 10.2 Å². The highest BCUT2D eigenvalue weighted by molar-refractivity contribution is 6.16. The van der Waals surface area contributed by atoms with Gasteiger partial charge in [0.05, 0.1) is 17.3 Å². The van der Waals surface area contributed by atoms with Gasteiger partial charge in [0.25, 0.3) is 0 Å². The summed E-state index contributed by atoms with van der Waals surface area (Å²) in [5, 5.41) is 6.99. The SMILES string of the molecule is ClCc1cc(-c2ccccc2)[nH]n1. The van der Waals surface area contributed by atoms with E-state index in [4.69, 9.17) is 11.6 Å². The third kappa shape index (κ3) is 1.73. The number of aromatic nitrogens is 2. The molecule has 0 unspecified atom stereocenters. The minimum Gasteiger partial charge on any atom is -0.278 e. The van der Waals surface area contributed by atoms with Gasteiger partial charge >= 0.3 is 0 Å². The first-order valence-corrected chi connectivity index (χ1v) is 4.59. The van der Waals surface area contributed by atoms with Crippen LogP contribution in [0.3, 0.4) is 0 Å². The van der Waals surface area contributed by atoms with E-state index in [0.717, 1.165) is 17.0 Å². The first-order chi connectivity index (χ1) is 6.40. The second kappa shape index (κ2) is 3.62. The predicted molar refractivity (Wildman–Crippen MR) is 53.6 cm³/mol. The molecule has 2 rings (SSSR count). The van der Waals surface area contributed by atoms with Crippen LogP contribution in [0.2, 0.25) is 0 Å². The average molecular weight is 193 g/mol. The van der Waals surface area contributed by atoms with E-state index in [2.05, 4.69) is 10.2 Å². The molecule has 66 valence electrons. The highest BCUT2D eigenvalue weighted by Crippen LogP contribution is 2.17. The van der Waals surface area contributed by atoms with Gasteiger partial charge in [0, 0.05) is 0 Å². The molecule has 0 atom stereocenters. The number of nitrogens with zero attached hydrogens (tertiary/aromatic N) is 1. The van der Waals surface area contributed by atoms with Crippen LogP contribution in [0.5, 0.6) is 0 Å². The summed E-state index contributed by atoms with van der Waals surface area (Å²) < 4.78 is 0. The minimum atomic E-state index is 0.448. The zero-order chi connectivity index (χ0) is 9.10. The lowest BCUT2D eigenvalue weighted by molar-refractivity contribution is 1.04. The Balaban J connectivity index is 2.36. The van der Waals surface area contributed by atoms with Crippen LogP contribution in [0.15, 0.2) is 36.4 Å². The van der Waals surface area contributed by atoms with Crippen LogP contribution in [-0.2, 0) is 5.88 Å². The van der Waals surface area contributed by atoms with E-state index in [9.17, 15) is 0 Å². The maximum absolute atomic E-state index is 5.65. The Morgan fingerprint density at radius 3 is 2.62 bits per heavy atom. The van der Waals surface area contributed by atoms with Crippen LogP contribution >= 0.6 is 11.6 Å². The van der Waals surface area contributed by atoms with Gasteiger partial charge in [0.1, 0.15) is 0 Å². The zero-order valence-corrected chi connectivity index (χ0v) is 7.75. The standard InChI is InChI=1S/C10H9ClN2/c11-7-9-6-10(13-12-9)8-4-2-1-3-5-8/h1-6H,7H2,(H,12,13). The number of hydrogen-bond acceptors (Lipinski definition) is 1. The molecule has 0 aliphatic carbocycles. The lowest BCUT2D eigenvalue weighted by Crippen LogP contribution is -1.75. The van der Waals surface area contributed by atoms with Gasteiger partial charge in [0.2, 0.25) is 0 Å². The third-order valence-electron chi connectivity index (χ3n) is 1.85. The van der Waals surface area contributed by atoms with Crippen molar-refractivity contribution in [3.63, 3.8) is 0 Å². The Kier molecular flexibility index (Phi) is 2.32. The summed E-state index contributed by atoms with van der Waals surface area (Å²) in [6.07, 6.45) is 0. The maximum Gasteiger partial charge on any atom is 0.0776 e. The van der Waals surface area contributed by atoms with Crippen LogP contribution in [0.25, 0.3) is 11.3 Å². The van der Waals surface area contributed by atoms with Gasteiger partial charge in [-0.15, -0.1) is 11.6 Å². The van der Waals surface area contributed by atoms with Crippen LogP contribution in [0.1, 0.15) is 5.69 Å². The van der Waals surface area contributed by atoms with Crippen molar-refractivity contribution in [2.45, 2.75) is 5.88 Å². The molecule has 0 saturated heterocycles. The molecule has 0 radical (unpaired) electrons. The normalized spacial score (nSPS) is 10.2. The molecule has 1 aromatic heterocycles. The fraction of sp³-hybridized carbons (Fsp3) is 0.100. The minimum absolute atomic E-state index is 0.448. The summed E-state index contributed by atoms with van der Waals surface area (Å²) in [7, 11) is 0. The van der Waals surface area contributed by atoms with E-state index < -0.39 is 0 Å². The summed E-state index contributed by atoms with van der Waals surface area (Å²) in [4.78, 5) is 0. The Labute approximate surface area is 81.6 Å². The number of nitrogens with one attached hydrogen (secondary N) is 1. The number of H-pyrrole nitrogens is 1. The molecule has 0 saturated carbocycles. The molecule has 0 aliphatic rings. The van der Waals surface area contributed by atoms with Crippen LogP contribution in [0.4, 0.5) is 0 Å². The number of benzene rings is 1. The van der Waals surface area contributed by atoms with Gasteiger partial charge < -0.3 is 0 Å². The van der Waals surface area contributed by atoms with Crippen LogP contribution in [0, 0.1) is 0 Å². The van der Waals surface area contributed by atoms with Gasteiger partial charge in [-0.1, -0.05) is 30.3 Å². The molecule has 1 heterocycles. The molecular weight excluding hydrogens is 184 g/mol. The fourth-order valence-corrected chi connectivity index (χ4v) is 1.33. The highest BCUT2D eigenvalue weighted by Gasteiger charge is 2.00. The summed E-state index contributed by atoms with van der Waals surface area (Å²) >= 11 is 5.65. The quantitative estimate of drug-likeness (QED) is 0.729. The number of hydrogen-bond donors (Lipinski definition) is 1. The molecule has 1 N–H and O–H groups in total. The second-order valence-electron chi connectivity index (χ2n) is 2.77. The van der Waals surface area contributed by atoms with E-state index in [1.54, 1.807) is 0 Å². The Morgan fingerprint density at radius 1 is 1.23 bits per heavy atom. The lowest BCUT2D eigenvalue weighted by Gasteiger charge is -1.93. The molecule has 13 heavy (non-hydrogen) atoms. The summed E-state index contributed by atoms with van der Waals surface area (Å²) in [5.41, 5.74) is 3.02. The molecule has 3 heteroatoms. The Bertz CT molecular complexity index is 381. The van der Waals surface area contributed by atoms with Gasteiger partial charge in [-0.05, 0) is 11.6 Å². The zero-order valence-electron chi connectivity index (χ0n) is 7.00. The van der Waals surface area contributed by atoms with E-state index in [0.29, 0.717) is 5.88 Å². The van der Waals surface area contributed by atoms with Crippen LogP contribution < -0.4 is 0 Å². The van der Waals surface area contributed by atoms with Gasteiger partial charge in [-0.2, -0.15) is 5.10 Å². The van der Waals surface area contributed by atoms with E-state index in [1.165, 1.54) is 0 Å². The summed E-state index contributed by atoms with van der Waals surface area (Å²) in [6, 6.07) is 12.0. The van der Waals surface area contributed by atoms with Crippen molar-refractivity contribution in [3.8, 4) is 11.3 Å². The fourth-order valence-electron chi connectivity index (χ4n) is 1.20. The van der Waals surface area contributed by atoms with E-state index >= 15 is 0 Å². The topological polar surface area (TPSA) is 28.7 Å². The summed E-state index contributed by atoms with van der Waals surface area (Å²) in [6.45, 7) is 0. The third-order valence-corrected chi connectivity index (χ3v) is 2.13. The van der Waals surface area contributed by atoms with Crippen molar-refractivity contribution in [1.82, 2.24) is 10.2 Å². The van der Waals surface area contributed by atoms with Crippen molar-refractivity contribution in [1.29, 1.82) is 0 Å². The highest BCUT2D eigenvalue weighted by atomic mass is 35.5. The number of alkyl halides is 1. The molecule has 2 nitrogen and oxygen atoms in total. The Hall–Kier alpha value is -1.28. The smallest absolute Gasteiger partial charge is 0.0776 e. The van der Waals surface area contributed by atoms with Crippen molar-refractivity contribution in [2.75, 3.05) is 0 Å². The largest absolute Gasteiger partial charge is 0.278 e. The number of rotatable bonds is 2. The molecule has 1 aromatic carbocycles. The molecule has 0 amide bonds. The molecular formula is C10H9ClN2. The van der Waals surface area contributed by atoms with Crippen molar-refractivity contribution < 1.29 is 0 Å². The number of halogens is 1. The van der Waals surface area contributed by atoms with Gasteiger partial charge in [0.15, 0.2) is 0 Å². The monoisotopic (exact) mass is 192 g/mol. The maximum atomic E-state index is 5.65. The van der Waals surface area contributed by atoms with Crippen molar-refractivity contribution >= 4 is 11.6 Å². The predicted octanol–water partition coefficient (Wildman–Crippen LogP) is 2.82. The molecule has 0 bridgehead atoms. The van der Waals surface area contributed by atoms with E-state index in [1.807, 2.05) is 36.4 Å². The second-order valence-corrected chi connectivity index (χ2v) is 3.04.